The lowest BCUT2D eigenvalue weighted by Crippen LogP contribution is -2.29. The first-order chi connectivity index (χ1) is 12.5. The Morgan fingerprint density at radius 2 is 2.12 bits per heavy atom. The van der Waals surface area contributed by atoms with Gasteiger partial charge in [0.2, 0.25) is 5.95 Å². The van der Waals surface area contributed by atoms with Crippen molar-refractivity contribution in [2.45, 2.75) is 19.9 Å². The van der Waals surface area contributed by atoms with Crippen LogP contribution in [-0.4, -0.2) is 41.6 Å². The molecule has 1 unspecified atom stereocenters. The highest BCUT2D eigenvalue weighted by atomic mass is 35.5. The van der Waals surface area contributed by atoms with Gasteiger partial charge in [0.15, 0.2) is 11.5 Å². The number of nitrogens with zero attached hydrogens (tertiary/aromatic N) is 3. The maximum atomic E-state index is 12.6. The van der Waals surface area contributed by atoms with Crippen molar-refractivity contribution in [2.24, 2.45) is 0 Å². The van der Waals surface area contributed by atoms with Crippen molar-refractivity contribution >= 4 is 23.5 Å². The zero-order valence-corrected chi connectivity index (χ0v) is 15.6. The summed E-state index contributed by atoms with van der Waals surface area (Å²) in [5, 5.41) is 7.69. The van der Waals surface area contributed by atoms with E-state index in [0.717, 1.165) is 0 Å². The molecule has 0 amide bonds. The summed E-state index contributed by atoms with van der Waals surface area (Å²) in [4.78, 5) is 16.8. The van der Waals surface area contributed by atoms with Gasteiger partial charge in [-0.1, -0.05) is 11.6 Å². The molecule has 138 valence electrons. The third kappa shape index (κ3) is 2.96. The monoisotopic (exact) mass is 378 g/mol. The first-order valence-corrected chi connectivity index (χ1v) is 8.35. The van der Waals surface area contributed by atoms with Gasteiger partial charge in [-0.3, -0.25) is 0 Å². The minimum atomic E-state index is -0.565. The molecule has 3 rings (SSSR count). The zero-order chi connectivity index (χ0) is 18.8. The van der Waals surface area contributed by atoms with E-state index in [2.05, 4.69) is 15.4 Å². The number of carbonyl (C=O) groups is 1. The summed E-state index contributed by atoms with van der Waals surface area (Å²) in [6.07, 6.45) is 1.42. The molecule has 1 aromatic heterocycles. The van der Waals surface area contributed by atoms with E-state index < -0.39 is 12.0 Å². The van der Waals surface area contributed by atoms with Gasteiger partial charge in [-0.15, -0.1) is 0 Å². The molecular formula is C17H19ClN4O4. The van der Waals surface area contributed by atoms with E-state index in [1.165, 1.54) is 20.5 Å². The van der Waals surface area contributed by atoms with Gasteiger partial charge in [-0.25, -0.2) is 9.48 Å². The molecule has 0 bridgehead atoms. The SMILES string of the molecule is CCOC(=O)C1=C(C)Nc2ncnn2C1c1cc(Cl)c(OC)c(OC)c1. The lowest BCUT2D eigenvalue weighted by atomic mass is 9.95. The molecule has 0 saturated heterocycles. The first-order valence-electron chi connectivity index (χ1n) is 7.97. The Hall–Kier alpha value is -2.74. The van der Waals surface area contributed by atoms with Crippen LogP contribution in [0.5, 0.6) is 11.5 Å². The van der Waals surface area contributed by atoms with E-state index in [1.807, 2.05) is 0 Å². The Morgan fingerprint density at radius 3 is 2.77 bits per heavy atom. The second-order valence-corrected chi connectivity index (χ2v) is 5.96. The standard InChI is InChI=1S/C17H19ClN4O4/c1-5-26-16(23)13-9(2)21-17-19-8-20-22(17)14(13)10-6-11(18)15(25-4)12(7-10)24-3/h6-8,14H,5H2,1-4H3,(H,19,20,21). The Bertz CT molecular complexity index is 878. The highest BCUT2D eigenvalue weighted by Gasteiger charge is 2.35. The van der Waals surface area contributed by atoms with Gasteiger partial charge in [0.25, 0.3) is 0 Å². The van der Waals surface area contributed by atoms with Crippen LogP contribution in [0, 0.1) is 0 Å². The summed E-state index contributed by atoms with van der Waals surface area (Å²) < 4.78 is 17.5. The summed E-state index contributed by atoms with van der Waals surface area (Å²) in [5.74, 6) is 0.959. The maximum absolute atomic E-state index is 12.6. The summed E-state index contributed by atoms with van der Waals surface area (Å²) >= 11 is 6.36. The van der Waals surface area contributed by atoms with Crippen LogP contribution in [0.4, 0.5) is 5.95 Å². The third-order valence-corrected chi connectivity index (χ3v) is 4.34. The van der Waals surface area contributed by atoms with Crippen molar-refractivity contribution in [1.29, 1.82) is 0 Å². The van der Waals surface area contributed by atoms with Crippen LogP contribution < -0.4 is 14.8 Å². The van der Waals surface area contributed by atoms with Gasteiger partial charge >= 0.3 is 5.97 Å². The van der Waals surface area contributed by atoms with Crippen LogP contribution in [0.15, 0.2) is 29.7 Å². The molecule has 0 fully saturated rings. The topological polar surface area (TPSA) is 87.5 Å². The van der Waals surface area contributed by atoms with Crippen molar-refractivity contribution in [1.82, 2.24) is 14.8 Å². The lowest BCUT2D eigenvalue weighted by molar-refractivity contribution is -0.139. The number of benzene rings is 1. The Morgan fingerprint density at radius 1 is 1.35 bits per heavy atom. The predicted octanol–water partition coefficient (Wildman–Crippen LogP) is 2.80. The molecule has 0 aliphatic carbocycles. The number of ether oxygens (including phenoxy) is 3. The molecule has 0 spiro atoms. The molecule has 1 aliphatic heterocycles. The average Bonchev–Trinajstić information content (AvgIpc) is 3.07. The molecule has 26 heavy (non-hydrogen) atoms. The predicted molar refractivity (Wildman–Crippen MR) is 95.7 cm³/mol. The number of hydrogen-bond acceptors (Lipinski definition) is 7. The average molecular weight is 379 g/mol. The van der Waals surface area contributed by atoms with Crippen LogP contribution in [0.2, 0.25) is 5.02 Å². The molecule has 2 aromatic rings. The lowest BCUT2D eigenvalue weighted by Gasteiger charge is -2.28. The number of anilines is 1. The van der Waals surface area contributed by atoms with Gasteiger partial charge in [-0.05, 0) is 31.5 Å². The van der Waals surface area contributed by atoms with Crippen LogP contribution >= 0.6 is 11.6 Å². The fourth-order valence-electron chi connectivity index (χ4n) is 2.97. The largest absolute Gasteiger partial charge is 0.493 e. The first kappa shape index (κ1) is 18.1. The number of aromatic nitrogens is 3. The second kappa shape index (κ2) is 7.25. The molecule has 2 heterocycles. The molecule has 0 radical (unpaired) electrons. The fraction of sp³-hybridized carbons (Fsp3) is 0.353. The van der Waals surface area contributed by atoms with Crippen molar-refractivity contribution in [3.63, 3.8) is 0 Å². The second-order valence-electron chi connectivity index (χ2n) is 5.55. The van der Waals surface area contributed by atoms with E-state index in [4.69, 9.17) is 25.8 Å². The quantitative estimate of drug-likeness (QED) is 0.800. The van der Waals surface area contributed by atoms with Crippen molar-refractivity contribution in [3.05, 3.63) is 40.3 Å². The van der Waals surface area contributed by atoms with E-state index in [-0.39, 0.29) is 6.61 Å². The molecule has 9 heteroatoms. The van der Waals surface area contributed by atoms with Gasteiger partial charge in [-0.2, -0.15) is 10.1 Å². The number of hydrogen-bond donors (Lipinski definition) is 1. The Kier molecular flexibility index (Phi) is 5.03. The normalized spacial score (nSPS) is 16.0. The van der Waals surface area contributed by atoms with Gasteiger partial charge in [0.1, 0.15) is 12.4 Å². The van der Waals surface area contributed by atoms with Crippen molar-refractivity contribution < 1.29 is 19.0 Å². The van der Waals surface area contributed by atoms with E-state index in [0.29, 0.717) is 39.3 Å². The number of halogens is 1. The highest BCUT2D eigenvalue weighted by molar-refractivity contribution is 6.32. The Labute approximate surface area is 155 Å². The Balaban J connectivity index is 2.20. The molecule has 0 saturated carbocycles. The molecular weight excluding hydrogens is 360 g/mol. The minimum Gasteiger partial charge on any atom is -0.493 e. The molecule has 1 aromatic carbocycles. The van der Waals surface area contributed by atoms with E-state index in [1.54, 1.807) is 30.7 Å². The van der Waals surface area contributed by atoms with Crippen molar-refractivity contribution in [2.75, 3.05) is 26.1 Å². The zero-order valence-electron chi connectivity index (χ0n) is 14.9. The fourth-order valence-corrected chi connectivity index (χ4v) is 3.26. The maximum Gasteiger partial charge on any atom is 0.338 e. The van der Waals surface area contributed by atoms with Gasteiger partial charge < -0.3 is 19.5 Å². The minimum absolute atomic E-state index is 0.263. The van der Waals surface area contributed by atoms with E-state index >= 15 is 0 Å². The smallest absolute Gasteiger partial charge is 0.338 e. The number of fused-ring (bicyclic) bond motifs is 1. The number of rotatable bonds is 5. The van der Waals surface area contributed by atoms with Crippen LogP contribution in [0.25, 0.3) is 0 Å². The number of esters is 1. The highest BCUT2D eigenvalue weighted by Crippen LogP contribution is 2.42. The molecule has 8 nitrogen and oxygen atoms in total. The van der Waals surface area contributed by atoms with Crippen LogP contribution in [0.1, 0.15) is 25.5 Å². The number of allylic oxidation sites excluding steroid dienone is 1. The number of nitrogens with one attached hydrogen (secondary N) is 1. The summed E-state index contributed by atoms with van der Waals surface area (Å²) in [5.41, 5.74) is 1.76. The molecule has 1 N–H and O–H groups in total. The van der Waals surface area contributed by atoms with E-state index in [9.17, 15) is 4.79 Å². The summed E-state index contributed by atoms with van der Waals surface area (Å²) in [6, 6.07) is 2.92. The third-order valence-electron chi connectivity index (χ3n) is 4.06. The van der Waals surface area contributed by atoms with Crippen LogP contribution in [-0.2, 0) is 9.53 Å². The van der Waals surface area contributed by atoms with Crippen LogP contribution in [0.3, 0.4) is 0 Å². The summed E-state index contributed by atoms with van der Waals surface area (Å²) in [7, 11) is 3.03. The number of carbonyl (C=O) groups excluding carboxylic acids is 1. The number of methoxy groups -OCH3 is 2. The molecule has 1 aliphatic rings. The van der Waals surface area contributed by atoms with Crippen molar-refractivity contribution in [3.8, 4) is 11.5 Å². The van der Waals surface area contributed by atoms with Gasteiger partial charge in [0.05, 0.1) is 31.4 Å². The van der Waals surface area contributed by atoms with Gasteiger partial charge in [0, 0.05) is 5.70 Å². The molecule has 1 atom stereocenters. The summed E-state index contributed by atoms with van der Waals surface area (Å²) in [6.45, 7) is 3.81.